The number of methoxy groups -OCH3 is 1. The van der Waals surface area contributed by atoms with Crippen molar-refractivity contribution in [1.82, 2.24) is 0 Å². The Balaban J connectivity index is 1.94. The molecular formula is C20H20N2O2S. The fourth-order valence-corrected chi connectivity index (χ4v) is 3.98. The van der Waals surface area contributed by atoms with Crippen molar-refractivity contribution in [2.75, 3.05) is 11.8 Å². The Morgan fingerprint density at radius 3 is 2.08 bits per heavy atom. The van der Waals surface area contributed by atoms with E-state index in [2.05, 4.69) is 9.08 Å². The van der Waals surface area contributed by atoms with Crippen LogP contribution in [0.15, 0.2) is 94.2 Å². The van der Waals surface area contributed by atoms with Gasteiger partial charge in [-0.25, -0.2) is 8.57 Å². The van der Waals surface area contributed by atoms with Gasteiger partial charge >= 0.3 is 0 Å². The highest BCUT2D eigenvalue weighted by molar-refractivity contribution is 7.95. The van der Waals surface area contributed by atoms with Crippen LogP contribution in [0.5, 0.6) is 5.75 Å². The number of anilines is 1. The molecule has 128 valence electrons. The van der Waals surface area contributed by atoms with E-state index in [1.165, 1.54) is 0 Å². The third kappa shape index (κ3) is 4.39. The van der Waals surface area contributed by atoms with Crippen molar-refractivity contribution in [3.63, 3.8) is 0 Å². The average molecular weight is 352 g/mol. The Kier molecular flexibility index (Phi) is 5.36. The highest BCUT2D eigenvalue weighted by Gasteiger charge is 2.12. The minimum absolute atomic E-state index is 0.345. The Hall–Kier alpha value is -2.79. The molecule has 0 saturated carbocycles. The number of hydrogen-bond donors (Lipinski definition) is 1. The SMILES string of the molecule is COc1ccc(CN=S(=O)(Nc2ccccc2)c2ccccc2)cc1. The Labute approximate surface area is 148 Å². The summed E-state index contributed by atoms with van der Waals surface area (Å²) in [7, 11) is -1.16. The molecule has 3 rings (SSSR count). The number of ether oxygens (including phenoxy) is 1. The summed E-state index contributed by atoms with van der Waals surface area (Å²) in [5.41, 5.74) is 1.74. The number of hydrogen-bond acceptors (Lipinski definition) is 3. The molecule has 0 fully saturated rings. The maximum atomic E-state index is 13.6. The van der Waals surface area contributed by atoms with Gasteiger partial charge in [-0.1, -0.05) is 48.5 Å². The van der Waals surface area contributed by atoms with E-state index in [1.54, 1.807) is 7.11 Å². The van der Waals surface area contributed by atoms with Crippen LogP contribution in [0.25, 0.3) is 0 Å². The molecule has 0 aliphatic rings. The van der Waals surface area contributed by atoms with E-state index in [1.807, 2.05) is 84.9 Å². The summed E-state index contributed by atoms with van der Waals surface area (Å²) in [5, 5.41) is 0. The van der Waals surface area contributed by atoms with Crippen molar-refractivity contribution in [1.29, 1.82) is 0 Å². The predicted molar refractivity (Wildman–Crippen MR) is 102 cm³/mol. The van der Waals surface area contributed by atoms with Gasteiger partial charge in [-0.3, -0.25) is 4.72 Å². The summed E-state index contributed by atoms with van der Waals surface area (Å²) in [6.45, 7) is 0.345. The lowest BCUT2D eigenvalue weighted by Crippen LogP contribution is -2.13. The molecule has 0 saturated heterocycles. The minimum atomic E-state index is -2.79. The zero-order chi connectivity index (χ0) is 17.5. The molecule has 0 aromatic heterocycles. The number of para-hydroxylation sites is 1. The highest BCUT2D eigenvalue weighted by Crippen LogP contribution is 2.19. The monoisotopic (exact) mass is 352 g/mol. The Morgan fingerprint density at radius 2 is 1.48 bits per heavy atom. The highest BCUT2D eigenvalue weighted by atomic mass is 32.2. The van der Waals surface area contributed by atoms with E-state index in [9.17, 15) is 4.21 Å². The van der Waals surface area contributed by atoms with E-state index in [4.69, 9.17) is 4.74 Å². The fraction of sp³-hybridized carbons (Fsp3) is 0.100. The maximum Gasteiger partial charge on any atom is 0.159 e. The molecule has 3 aromatic rings. The number of rotatable bonds is 6. The molecule has 0 radical (unpaired) electrons. The van der Waals surface area contributed by atoms with Crippen LogP contribution in [-0.2, 0) is 16.5 Å². The summed E-state index contributed by atoms with van der Waals surface area (Å²) >= 11 is 0. The van der Waals surface area contributed by atoms with Crippen LogP contribution in [0.3, 0.4) is 0 Å². The minimum Gasteiger partial charge on any atom is -0.497 e. The van der Waals surface area contributed by atoms with Crippen LogP contribution in [0.2, 0.25) is 0 Å². The molecule has 1 atom stereocenters. The van der Waals surface area contributed by atoms with Crippen molar-refractivity contribution in [2.45, 2.75) is 11.4 Å². The van der Waals surface area contributed by atoms with Gasteiger partial charge in [-0.05, 0) is 42.0 Å². The molecule has 1 unspecified atom stereocenters. The molecule has 25 heavy (non-hydrogen) atoms. The molecule has 0 amide bonds. The lowest BCUT2D eigenvalue weighted by Gasteiger charge is -2.14. The first-order valence-electron chi connectivity index (χ1n) is 7.93. The van der Waals surface area contributed by atoms with E-state index in [0.29, 0.717) is 11.4 Å². The molecule has 0 spiro atoms. The Bertz CT molecular complexity index is 917. The molecule has 0 aliphatic carbocycles. The van der Waals surface area contributed by atoms with Gasteiger partial charge in [0.05, 0.1) is 18.6 Å². The summed E-state index contributed by atoms with van der Waals surface area (Å²) in [4.78, 5) is 0.660. The van der Waals surface area contributed by atoms with E-state index in [0.717, 1.165) is 17.0 Å². The first-order chi connectivity index (χ1) is 12.2. The van der Waals surface area contributed by atoms with Gasteiger partial charge in [0.15, 0.2) is 9.92 Å². The average Bonchev–Trinajstić information content (AvgIpc) is 2.68. The van der Waals surface area contributed by atoms with Crippen LogP contribution < -0.4 is 9.46 Å². The third-order valence-corrected chi connectivity index (χ3v) is 5.60. The van der Waals surface area contributed by atoms with Gasteiger partial charge in [0.1, 0.15) is 5.75 Å². The van der Waals surface area contributed by atoms with Crippen molar-refractivity contribution < 1.29 is 8.95 Å². The zero-order valence-corrected chi connectivity index (χ0v) is 14.8. The molecular weight excluding hydrogens is 332 g/mol. The van der Waals surface area contributed by atoms with Gasteiger partial charge in [-0.15, -0.1) is 0 Å². The molecule has 4 nitrogen and oxygen atoms in total. The summed E-state index contributed by atoms with van der Waals surface area (Å²) in [6, 6.07) is 26.4. The maximum absolute atomic E-state index is 13.6. The van der Waals surface area contributed by atoms with Gasteiger partial charge < -0.3 is 4.74 Å². The lowest BCUT2D eigenvalue weighted by molar-refractivity contribution is 0.414. The predicted octanol–water partition coefficient (Wildman–Crippen LogP) is 4.75. The first-order valence-corrected chi connectivity index (χ1v) is 9.45. The third-order valence-electron chi connectivity index (χ3n) is 3.68. The fourth-order valence-electron chi connectivity index (χ4n) is 2.33. The lowest BCUT2D eigenvalue weighted by atomic mass is 10.2. The van der Waals surface area contributed by atoms with Crippen LogP contribution >= 0.6 is 0 Å². The van der Waals surface area contributed by atoms with Gasteiger partial charge in [-0.2, -0.15) is 0 Å². The van der Waals surface area contributed by atoms with Crippen LogP contribution in [0.1, 0.15) is 5.56 Å². The quantitative estimate of drug-likeness (QED) is 0.696. The second-order valence-corrected chi connectivity index (χ2v) is 7.43. The second-order valence-electron chi connectivity index (χ2n) is 5.44. The van der Waals surface area contributed by atoms with Crippen LogP contribution in [0, 0.1) is 0 Å². The second kappa shape index (κ2) is 7.85. The van der Waals surface area contributed by atoms with Crippen molar-refractivity contribution in [3.05, 3.63) is 90.5 Å². The smallest absolute Gasteiger partial charge is 0.159 e. The molecule has 0 aliphatic heterocycles. The molecule has 5 heteroatoms. The standard InChI is InChI=1S/C20H20N2O2S/c1-24-19-14-12-17(13-15-19)16-21-25(23,20-10-6-3-7-11-20)22-18-8-4-2-5-9-18/h2-15H,16H2,1H3,(H,21,22,23). The van der Waals surface area contributed by atoms with E-state index < -0.39 is 9.92 Å². The summed E-state index contributed by atoms with van der Waals surface area (Å²) in [5.74, 6) is 0.787. The van der Waals surface area contributed by atoms with Crippen molar-refractivity contribution in [2.24, 2.45) is 4.36 Å². The van der Waals surface area contributed by atoms with Crippen LogP contribution in [0.4, 0.5) is 5.69 Å². The van der Waals surface area contributed by atoms with E-state index in [-0.39, 0.29) is 0 Å². The molecule has 0 bridgehead atoms. The van der Waals surface area contributed by atoms with Crippen molar-refractivity contribution >= 4 is 15.6 Å². The molecule has 3 aromatic carbocycles. The van der Waals surface area contributed by atoms with Crippen LogP contribution in [-0.4, -0.2) is 11.3 Å². The topological polar surface area (TPSA) is 50.7 Å². The molecule has 1 N–H and O–H groups in total. The zero-order valence-electron chi connectivity index (χ0n) is 14.0. The van der Waals surface area contributed by atoms with Gasteiger partial charge in [0, 0.05) is 5.69 Å². The number of nitrogens with zero attached hydrogens (tertiary/aromatic N) is 1. The molecule has 0 heterocycles. The normalized spacial score (nSPS) is 12.8. The van der Waals surface area contributed by atoms with Gasteiger partial charge in [0.25, 0.3) is 0 Å². The summed E-state index contributed by atoms with van der Waals surface area (Å²) in [6.07, 6.45) is 0. The number of nitrogens with one attached hydrogen (secondary N) is 1. The van der Waals surface area contributed by atoms with Gasteiger partial charge in [0.2, 0.25) is 0 Å². The van der Waals surface area contributed by atoms with E-state index >= 15 is 0 Å². The summed E-state index contributed by atoms with van der Waals surface area (Å²) < 4.78 is 26.3. The largest absolute Gasteiger partial charge is 0.497 e. The number of benzene rings is 3. The van der Waals surface area contributed by atoms with Crippen molar-refractivity contribution in [3.8, 4) is 5.75 Å². The Morgan fingerprint density at radius 1 is 0.880 bits per heavy atom. The first kappa shape index (κ1) is 17.0.